The number of halogens is 2. The molecule has 1 N–H and O–H groups in total. The molecule has 3 rings (SSSR count). The van der Waals surface area contributed by atoms with Gasteiger partial charge in [-0.25, -0.2) is 8.42 Å². The first-order chi connectivity index (χ1) is 20.5. The summed E-state index contributed by atoms with van der Waals surface area (Å²) in [4.78, 5) is 29.1. The zero-order valence-electron chi connectivity index (χ0n) is 24.8. The normalized spacial score (nSPS) is 11.9. The molecule has 0 fully saturated rings. The van der Waals surface area contributed by atoms with Crippen molar-refractivity contribution in [2.75, 3.05) is 30.8 Å². The first kappa shape index (κ1) is 34.2. The molecule has 11 heteroatoms. The van der Waals surface area contributed by atoms with Crippen LogP contribution in [0, 0.1) is 0 Å². The summed E-state index contributed by atoms with van der Waals surface area (Å²) in [5.74, 6) is -0.0764. The first-order valence-electron chi connectivity index (χ1n) is 14.2. The molecule has 1 atom stereocenters. The molecule has 2 amide bonds. The van der Waals surface area contributed by atoms with Gasteiger partial charge in [0, 0.05) is 54.2 Å². The molecule has 0 bridgehead atoms. The minimum Gasteiger partial charge on any atom is -0.497 e. The van der Waals surface area contributed by atoms with Crippen LogP contribution in [0.5, 0.6) is 5.75 Å². The zero-order chi connectivity index (χ0) is 31.4. The van der Waals surface area contributed by atoms with Crippen LogP contribution in [0.4, 0.5) is 5.69 Å². The molecule has 0 aliphatic rings. The summed E-state index contributed by atoms with van der Waals surface area (Å²) in [6, 6.07) is 20.5. The number of carbonyl (C=O) groups is 2. The Morgan fingerprint density at radius 1 is 0.953 bits per heavy atom. The second-order valence-corrected chi connectivity index (χ2v) is 12.9. The lowest BCUT2D eigenvalue weighted by Crippen LogP contribution is -2.50. The van der Waals surface area contributed by atoms with Crippen LogP contribution in [0.15, 0.2) is 72.8 Å². The molecule has 0 radical (unpaired) electrons. The maximum atomic E-state index is 14.0. The van der Waals surface area contributed by atoms with Crippen LogP contribution in [0.3, 0.4) is 0 Å². The molecule has 0 saturated heterocycles. The van der Waals surface area contributed by atoms with E-state index in [4.69, 9.17) is 27.9 Å². The summed E-state index contributed by atoms with van der Waals surface area (Å²) >= 11 is 13.0. The number of hydrogen-bond acceptors (Lipinski definition) is 5. The van der Waals surface area contributed by atoms with Crippen molar-refractivity contribution in [3.8, 4) is 5.75 Å². The number of rotatable bonds is 16. The van der Waals surface area contributed by atoms with Crippen molar-refractivity contribution in [1.82, 2.24) is 10.2 Å². The number of methoxy groups -OCH3 is 1. The molecule has 0 aromatic heterocycles. The lowest BCUT2D eigenvalue weighted by molar-refractivity contribution is -0.141. The van der Waals surface area contributed by atoms with E-state index in [2.05, 4.69) is 5.32 Å². The Labute approximate surface area is 265 Å². The molecule has 0 heterocycles. The second-order valence-electron chi connectivity index (χ2n) is 10.2. The van der Waals surface area contributed by atoms with Gasteiger partial charge in [-0.2, -0.15) is 0 Å². The first-order valence-corrected chi connectivity index (χ1v) is 16.8. The lowest BCUT2D eigenvalue weighted by atomic mass is 10.0. The van der Waals surface area contributed by atoms with Gasteiger partial charge in [0.05, 0.1) is 19.1 Å². The highest BCUT2D eigenvalue weighted by molar-refractivity contribution is 7.92. The minimum atomic E-state index is -3.65. The summed E-state index contributed by atoms with van der Waals surface area (Å²) in [7, 11) is -2.14. The van der Waals surface area contributed by atoms with E-state index >= 15 is 0 Å². The van der Waals surface area contributed by atoms with E-state index < -0.39 is 16.1 Å². The minimum absolute atomic E-state index is 0.00834. The molecule has 3 aromatic carbocycles. The van der Waals surface area contributed by atoms with Gasteiger partial charge in [0.25, 0.3) is 0 Å². The van der Waals surface area contributed by atoms with Crippen LogP contribution < -0.4 is 14.4 Å². The monoisotopic (exact) mass is 647 g/mol. The zero-order valence-corrected chi connectivity index (χ0v) is 27.1. The van der Waals surface area contributed by atoms with E-state index in [0.29, 0.717) is 33.6 Å². The number of unbranched alkanes of at least 4 members (excludes halogenated alkanes) is 1. The smallest absolute Gasteiger partial charge is 0.243 e. The number of nitrogens with zero attached hydrogens (tertiary/aromatic N) is 2. The molecular weight excluding hydrogens is 609 g/mol. The molecule has 0 unspecified atom stereocenters. The number of nitrogens with one attached hydrogen (secondary N) is 1. The van der Waals surface area contributed by atoms with Gasteiger partial charge >= 0.3 is 0 Å². The summed E-state index contributed by atoms with van der Waals surface area (Å²) in [5, 5.41) is 3.75. The molecule has 0 aliphatic carbocycles. The molecule has 232 valence electrons. The Morgan fingerprint density at radius 2 is 1.63 bits per heavy atom. The van der Waals surface area contributed by atoms with Gasteiger partial charge < -0.3 is 15.0 Å². The Bertz CT molecular complexity index is 1450. The Morgan fingerprint density at radius 3 is 2.26 bits per heavy atom. The van der Waals surface area contributed by atoms with Crippen LogP contribution >= 0.6 is 23.2 Å². The molecular formula is C32H39Cl2N3O5S. The maximum absolute atomic E-state index is 14.0. The van der Waals surface area contributed by atoms with E-state index in [0.717, 1.165) is 24.7 Å². The fourth-order valence-electron chi connectivity index (χ4n) is 4.68. The van der Waals surface area contributed by atoms with Crippen molar-refractivity contribution in [3.05, 3.63) is 94.0 Å². The third-order valence-corrected chi connectivity index (χ3v) is 8.89. The van der Waals surface area contributed by atoms with Crippen LogP contribution in [0.25, 0.3) is 0 Å². The van der Waals surface area contributed by atoms with Gasteiger partial charge in [0.2, 0.25) is 21.8 Å². The van der Waals surface area contributed by atoms with E-state index in [-0.39, 0.29) is 44.2 Å². The predicted molar refractivity (Wildman–Crippen MR) is 173 cm³/mol. The topological polar surface area (TPSA) is 96.0 Å². The van der Waals surface area contributed by atoms with Gasteiger partial charge in [-0.1, -0.05) is 79.0 Å². The highest BCUT2D eigenvalue weighted by Gasteiger charge is 2.31. The van der Waals surface area contributed by atoms with E-state index in [9.17, 15) is 18.0 Å². The molecule has 0 saturated carbocycles. The summed E-state index contributed by atoms with van der Waals surface area (Å²) in [6.07, 6.45) is 3.32. The van der Waals surface area contributed by atoms with Crippen LogP contribution in [-0.2, 0) is 32.6 Å². The van der Waals surface area contributed by atoms with Gasteiger partial charge in [-0.15, -0.1) is 0 Å². The van der Waals surface area contributed by atoms with Crippen molar-refractivity contribution in [3.63, 3.8) is 0 Å². The third kappa shape index (κ3) is 10.2. The number of anilines is 1. The summed E-state index contributed by atoms with van der Waals surface area (Å²) in [6.45, 7) is 2.60. The number of carbonyl (C=O) groups excluding carboxylic acids is 2. The fraction of sp³-hybridized carbons (Fsp3) is 0.375. The Hall–Kier alpha value is -3.27. The highest BCUT2D eigenvalue weighted by Crippen LogP contribution is 2.28. The Kier molecular flexibility index (Phi) is 13.2. The van der Waals surface area contributed by atoms with Crippen LogP contribution in [0.1, 0.15) is 43.7 Å². The molecule has 0 spiro atoms. The number of ether oxygens (including phenoxy) is 1. The number of sulfonamides is 1. The summed E-state index contributed by atoms with van der Waals surface area (Å²) < 4.78 is 31.9. The molecule has 0 aliphatic heterocycles. The largest absolute Gasteiger partial charge is 0.497 e. The number of hydrogen-bond donors (Lipinski definition) is 1. The summed E-state index contributed by atoms with van der Waals surface area (Å²) in [5.41, 5.74) is 1.86. The average Bonchev–Trinajstić information content (AvgIpc) is 2.98. The van der Waals surface area contributed by atoms with Gasteiger partial charge in [-0.05, 0) is 42.7 Å². The van der Waals surface area contributed by atoms with Gasteiger partial charge in [-0.3, -0.25) is 13.9 Å². The average molecular weight is 649 g/mol. The standard InChI is InChI=1S/C32H39Cl2N3O5S/c1-4-5-19-35-32(39)30(21-24-12-7-6-8-13-24)36(23-27-28(33)16-10-17-29(27)34)31(38)18-11-20-37(43(3,40)41)25-14-9-15-26(22-25)42-2/h6-10,12-17,22,30H,4-5,11,18-21,23H2,1-3H3,(H,35,39)/t30-/m1/s1. The van der Waals surface area contributed by atoms with E-state index in [1.807, 2.05) is 37.3 Å². The van der Waals surface area contributed by atoms with Crippen molar-refractivity contribution >= 4 is 50.7 Å². The van der Waals surface area contributed by atoms with E-state index in [1.165, 1.54) is 16.3 Å². The van der Waals surface area contributed by atoms with E-state index in [1.54, 1.807) is 42.5 Å². The van der Waals surface area contributed by atoms with Crippen molar-refractivity contribution < 1.29 is 22.7 Å². The van der Waals surface area contributed by atoms with Crippen LogP contribution in [-0.4, -0.2) is 57.6 Å². The van der Waals surface area contributed by atoms with Gasteiger partial charge in [0.1, 0.15) is 11.8 Å². The molecule has 8 nitrogen and oxygen atoms in total. The molecule has 43 heavy (non-hydrogen) atoms. The van der Waals surface area contributed by atoms with Crippen LogP contribution in [0.2, 0.25) is 10.0 Å². The number of amides is 2. The van der Waals surface area contributed by atoms with Crippen molar-refractivity contribution in [2.24, 2.45) is 0 Å². The highest BCUT2D eigenvalue weighted by atomic mass is 35.5. The van der Waals surface area contributed by atoms with Crippen molar-refractivity contribution in [2.45, 2.75) is 51.6 Å². The predicted octanol–water partition coefficient (Wildman–Crippen LogP) is 6.10. The van der Waals surface area contributed by atoms with Gasteiger partial charge in [0.15, 0.2) is 0 Å². The quantitative estimate of drug-likeness (QED) is 0.189. The second kappa shape index (κ2) is 16.5. The Balaban J connectivity index is 1.91. The third-order valence-electron chi connectivity index (χ3n) is 6.98. The van der Waals surface area contributed by atoms with Crippen molar-refractivity contribution in [1.29, 1.82) is 0 Å². The lowest BCUT2D eigenvalue weighted by Gasteiger charge is -2.32. The fourth-order valence-corrected chi connectivity index (χ4v) is 6.16. The SMILES string of the molecule is CCCCNC(=O)[C@@H](Cc1ccccc1)N(Cc1c(Cl)cccc1Cl)C(=O)CCCN(c1cccc(OC)c1)S(C)(=O)=O. The molecule has 3 aromatic rings. The maximum Gasteiger partial charge on any atom is 0.243 e. The number of benzene rings is 3.